The SMILES string of the molecule is COc1ccc(NC(=O)NCC(O)(c2ccco2)c2cccs2)c(OC)c1. The van der Waals surface area contributed by atoms with Crippen molar-refractivity contribution in [2.45, 2.75) is 5.60 Å². The van der Waals surface area contributed by atoms with Crippen molar-refractivity contribution in [1.82, 2.24) is 5.32 Å². The molecule has 3 rings (SSSR count). The van der Waals surface area contributed by atoms with Crippen LogP contribution in [-0.4, -0.2) is 31.9 Å². The Bertz CT molecular complexity index is 843. The average molecular weight is 388 g/mol. The van der Waals surface area contributed by atoms with E-state index in [9.17, 15) is 9.90 Å². The second-order valence-corrected chi connectivity index (χ2v) is 6.64. The molecule has 0 saturated carbocycles. The summed E-state index contributed by atoms with van der Waals surface area (Å²) in [5.41, 5.74) is -0.979. The Kier molecular flexibility index (Phi) is 5.68. The predicted molar refractivity (Wildman–Crippen MR) is 103 cm³/mol. The van der Waals surface area contributed by atoms with Gasteiger partial charge in [0.1, 0.15) is 17.3 Å². The number of aliphatic hydroxyl groups is 1. The predicted octanol–water partition coefficient (Wildman–Crippen LogP) is 3.42. The Hall–Kier alpha value is -2.97. The number of hydrogen-bond donors (Lipinski definition) is 3. The van der Waals surface area contributed by atoms with Crippen LogP contribution < -0.4 is 20.1 Å². The van der Waals surface area contributed by atoms with E-state index in [1.54, 1.807) is 43.5 Å². The fourth-order valence-electron chi connectivity index (χ4n) is 2.60. The summed E-state index contributed by atoms with van der Waals surface area (Å²) in [4.78, 5) is 13.0. The Balaban J connectivity index is 1.72. The van der Waals surface area contributed by atoms with Gasteiger partial charge in [-0.3, -0.25) is 0 Å². The first kappa shape index (κ1) is 18.8. The number of furan rings is 1. The minimum Gasteiger partial charge on any atom is -0.497 e. The number of nitrogens with one attached hydrogen (secondary N) is 2. The highest BCUT2D eigenvalue weighted by atomic mass is 32.1. The fourth-order valence-corrected chi connectivity index (χ4v) is 3.43. The monoisotopic (exact) mass is 388 g/mol. The molecule has 1 unspecified atom stereocenters. The highest BCUT2D eigenvalue weighted by Crippen LogP contribution is 2.33. The van der Waals surface area contributed by atoms with Crippen molar-refractivity contribution in [3.8, 4) is 11.5 Å². The van der Waals surface area contributed by atoms with E-state index in [4.69, 9.17) is 13.9 Å². The van der Waals surface area contributed by atoms with Crippen molar-refractivity contribution in [3.63, 3.8) is 0 Å². The van der Waals surface area contributed by atoms with Crippen molar-refractivity contribution >= 4 is 23.1 Å². The zero-order valence-corrected chi connectivity index (χ0v) is 15.7. The number of amides is 2. The number of methoxy groups -OCH3 is 2. The van der Waals surface area contributed by atoms with Crippen LogP contribution in [0.4, 0.5) is 10.5 Å². The summed E-state index contributed by atoms with van der Waals surface area (Å²) in [5.74, 6) is 1.43. The van der Waals surface area contributed by atoms with Crippen molar-refractivity contribution in [2.24, 2.45) is 0 Å². The summed E-state index contributed by atoms with van der Waals surface area (Å²) in [6.07, 6.45) is 1.48. The topological polar surface area (TPSA) is 93.0 Å². The molecule has 0 aliphatic carbocycles. The van der Waals surface area contributed by atoms with E-state index in [0.29, 0.717) is 27.8 Å². The molecule has 3 aromatic rings. The molecule has 0 saturated heterocycles. The molecule has 8 heteroatoms. The van der Waals surface area contributed by atoms with Gasteiger partial charge in [0.2, 0.25) is 0 Å². The molecule has 27 heavy (non-hydrogen) atoms. The number of anilines is 1. The lowest BCUT2D eigenvalue weighted by atomic mass is 9.99. The molecule has 1 atom stereocenters. The molecule has 2 amide bonds. The van der Waals surface area contributed by atoms with E-state index in [1.165, 1.54) is 24.7 Å². The summed E-state index contributed by atoms with van der Waals surface area (Å²) in [7, 11) is 3.05. The van der Waals surface area contributed by atoms with Crippen LogP contribution in [0.1, 0.15) is 10.6 Å². The Morgan fingerprint density at radius 1 is 1.22 bits per heavy atom. The lowest BCUT2D eigenvalue weighted by molar-refractivity contribution is 0.0628. The molecule has 0 bridgehead atoms. The summed E-state index contributed by atoms with van der Waals surface area (Å²) >= 11 is 1.38. The molecular weight excluding hydrogens is 368 g/mol. The van der Waals surface area contributed by atoms with Crippen LogP contribution in [0.15, 0.2) is 58.5 Å². The molecular formula is C19H20N2O5S. The van der Waals surface area contributed by atoms with Gasteiger partial charge in [0.15, 0.2) is 5.60 Å². The van der Waals surface area contributed by atoms with Gasteiger partial charge in [0.05, 0.1) is 32.7 Å². The Morgan fingerprint density at radius 3 is 2.70 bits per heavy atom. The number of ether oxygens (including phenoxy) is 2. The van der Waals surface area contributed by atoms with Crippen molar-refractivity contribution in [2.75, 3.05) is 26.1 Å². The zero-order chi connectivity index (χ0) is 19.3. The van der Waals surface area contributed by atoms with Crippen LogP contribution in [0, 0.1) is 0 Å². The minimum absolute atomic E-state index is 0.0642. The Labute approximate surface area is 160 Å². The standard InChI is InChI=1S/C19H20N2O5S/c1-24-13-7-8-14(15(11-13)25-2)21-18(22)20-12-19(23,16-5-3-9-26-16)17-6-4-10-27-17/h3-11,23H,12H2,1-2H3,(H2,20,21,22). The molecule has 2 heterocycles. The largest absolute Gasteiger partial charge is 0.497 e. The number of carbonyl (C=O) groups excluding carboxylic acids is 1. The third-order valence-corrected chi connectivity index (χ3v) is 5.04. The minimum atomic E-state index is -1.46. The maximum atomic E-state index is 12.4. The van der Waals surface area contributed by atoms with Gasteiger partial charge in [-0.2, -0.15) is 0 Å². The van der Waals surface area contributed by atoms with Gasteiger partial charge >= 0.3 is 6.03 Å². The normalized spacial score (nSPS) is 12.9. The van der Waals surface area contributed by atoms with Crippen LogP contribution in [0.3, 0.4) is 0 Å². The summed E-state index contributed by atoms with van der Waals surface area (Å²) in [5, 5.41) is 18.4. The second kappa shape index (κ2) is 8.15. The van der Waals surface area contributed by atoms with E-state index < -0.39 is 11.6 Å². The van der Waals surface area contributed by atoms with Crippen LogP contribution in [0.5, 0.6) is 11.5 Å². The first-order valence-electron chi connectivity index (χ1n) is 8.14. The number of thiophene rings is 1. The number of benzene rings is 1. The van der Waals surface area contributed by atoms with E-state index in [0.717, 1.165) is 0 Å². The maximum Gasteiger partial charge on any atom is 0.319 e. The molecule has 2 aromatic heterocycles. The van der Waals surface area contributed by atoms with Crippen molar-refractivity contribution < 1.29 is 23.8 Å². The Morgan fingerprint density at radius 2 is 2.07 bits per heavy atom. The fraction of sp³-hybridized carbons (Fsp3) is 0.211. The van der Waals surface area contributed by atoms with Crippen LogP contribution in [0.25, 0.3) is 0 Å². The van der Waals surface area contributed by atoms with Crippen LogP contribution in [0.2, 0.25) is 0 Å². The first-order chi connectivity index (χ1) is 13.1. The molecule has 142 valence electrons. The summed E-state index contributed by atoms with van der Waals surface area (Å²) < 4.78 is 15.8. The smallest absolute Gasteiger partial charge is 0.319 e. The van der Waals surface area contributed by atoms with Crippen molar-refractivity contribution in [3.05, 3.63) is 64.7 Å². The molecule has 0 aliphatic heterocycles. The number of carbonyl (C=O) groups is 1. The first-order valence-corrected chi connectivity index (χ1v) is 9.02. The van der Waals surface area contributed by atoms with Gasteiger partial charge in [-0.25, -0.2) is 4.79 Å². The van der Waals surface area contributed by atoms with Gasteiger partial charge in [-0.05, 0) is 35.7 Å². The lowest BCUT2D eigenvalue weighted by Gasteiger charge is -2.25. The number of hydrogen-bond acceptors (Lipinski definition) is 6. The van der Waals surface area contributed by atoms with E-state index in [1.807, 2.05) is 11.4 Å². The van der Waals surface area contributed by atoms with Crippen LogP contribution >= 0.6 is 11.3 Å². The molecule has 1 aromatic carbocycles. The number of rotatable bonds is 7. The van der Waals surface area contributed by atoms with Crippen molar-refractivity contribution in [1.29, 1.82) is 0 Å². The van der Waals surface area contributed by atoms with E-state index >= 15 is 0 Å². The summed E-state index contributed by atoms with van der Waals surface area (Å²) in [6.45, 7) is -0.0642. The van der Waals surface area contributed by atoms with Gasteiger partial charge < -0.3 is 29.6 Å². The van der Waals surface area contributed by atoms with Gasteiger partial charge in [0, 0.05) is 10.9 Å². The molecule has 3 N–H and O–H groups in total. The highest BCUT2D eigenvalue weighted by Gasteiger charge is 2.36. The lowest BCUT2D eigenvalue weighted by Crippen LogP contribution is -2.42. The average Bonchev–Trinajstić information content (AvgIpc) is 3.40. The molecule has 0 radical (unpaired) electrons. The third kappa shape index (κ3) is 4.07. The van der Waals surface area contributed by atoms with Gasteiger partial charge in [-0.15, -0.1) is 11.3 Å². The highest BCUT2D eigenvalue weighted by molar-refractivity contribution is 7.10. The van der Waals surface area contributed by atoms with Gasteiger partial charge in [0.25, 0.3) is 0 Å². The number of urea groups is 1. The van der Waals surface area contributed by atoms with Crippen LogP contribution in [-0.2, 0) is 5.60 Å². The maximum absolute atomic E-state index is 12.4. The summed E-state index contributed by atoms with van der Waals surface area (Å²) in [6, 6.07) is 11.6. The third-order valence-electron chi connectivity index (χ3n) is 4.02. The quantitative estimate of drug-likeness (QED) is 0.577. The van der Waals surface area contributed by atoms with Gasteiger partial charge in [-0.1, -0.05) is 6.07 Å². The molecule has 0 fully saturated rings. The molecule has 0 spiro atoms. The second-order valence-electron chi connectivity index (χ2n) is 5.69. The molecule has 7 nitrogen and oxygen atoms in total. The zero-order valence-electron chi connectivity index (χ0n) is 14.9. The van der Waals surface area contributed by atoms with E-state index in [2.05, 4.69) is 10.6 Å². The van der Waals surface area contributed by atoms with E-state index in [-0.39, 0.29) is 6.54 Å². The molecule has 0 aliphatic rings.